The van der Waals surface area contributed by atoms with E-state index in [1.165, 1.54) is 0 Å². The van der Waals surface area contributed by atoms with Crippen molar-refractivity contribution in [3.05, 3.63) is 95.1 Å². The number of hydrogen-bond donors (Lipinski definition) is 0. The lowest BCUT2D eigenvalue weighted by Crippen LogP contribution is -2.11. The number of rotatable bonds is 10. The van der Waals surface area contributed by atoms with Crippen LogP contribution in [0.25, 0.3) is 0 Å². The van der Waals surface area contributed by atoms with Crippen molar-refractivity contribution in [3.8, 4) is 0 Å². The quantitative estimate of drug-likeness (QED) is 0.378. The number of carbonyl (C=O) groups excluding carboxylic acids is 2. The fourth-order valence-electron chi connectivity index (χ4n) is 3.24. The van der Waals surface area contributed by atoms with Crippen molar-refractivity contribution in [2.75, 3.05) is 11.5 Å². The molecule has 0 radical (unpaired) electrons. The van der Waals surface area contributed by atoms with Crippen LogP contribution >= 0.6 is 0 Å². The van der Waals surface area contributed by atoms with E-state index in [2.05, 4.69) is 0 Å². The van der Waals surface area contributed by atoms with Gasteiger partial charge in [-0.25, -0.2) is 9.59 Å². The molecule has 8 heteroatoms. The summed E-state index contributed by atoms with van der Waals surface area (Å²) in [5.74, 6) is -0.280. The Bertz CT molecular complexity index is 1130. The zero-order valence-corrected chi connectivity index (χ0v) is 20.7. The summed E-state index contributed by atoms with van der Waals surface area (Å²) in [6, 6.07) is 20.6. The topological polar surface area (TPSA) is 86.7 Å². The van der Waals surface area contributed by atoms with Gasteiger partial charge < -0.3 is 9.47 Å². The van der Waals surface area contributed by atoms with Gasteiger partial charge in [-0.2, -0.15) is 0 Å². The van der Waals surface area contributed by atoms with Crippen molar-refractivity contribution in [3.63, 3.8) is 0 Å². The van der Waals surface area contributed by atoms with Gasteiger partial charge in [-0.05, 0) is 41.5 Å². The van der Waals surface area contributed by atoms with Crippen molar-refractivity contribution in [1.82, 2.24) is 0 Å². The first-order valence-electron chi connectivity index (χ1n) is 10.8. The van der Waals surface area contributed by atoms with Crippen LogP contribution in [0.15, 0.2) is 82.6 Å². The van der Waals surface area contributed by atoms with Crippen LogP contribution in [0.5, 0.6) is 0 Å². The number of esters is 2. The molecule has 6 nitrogen and oxygen atoms in total. The van der Waals surface area contributed by atoms with E-state index < -0.39 is 33.5 Å². The third kappa shape index (κ3) is 6.48. The van der Waals surface area contributed by atoms with Gasteiger partial charge in [0.2, 0.25) is 0 Å². The molecule has 2 unspecified atom stereocenters. The summed E-state index contributed by atoms with van der Waals surface area (Å²) in [5, 5.41) is 0. The molecule has 0 bridgehead atoms. The molecule has 3 rings (SSSR count). The van der Waals surface area contributed by atoms with Gasteiger partial charge in [0.25, 0.3) is 0 Å². The van der Waals surface area contributed by atoms with Gasteiger partial charge in [-0.15, -0.1) is 0 Å². The third-order valence-electron chi connectivity index (χ3n) is 4.96. The summed E-state index contributed by atoms with van der Waals surface area (Å²) in [6.07, 6.45) is 0. The largest absolute Gasteiger partial charge is 0.457 e. The van der Waals surface area contributed by atoms with Gasteiger partial charge in [0.05, 0.1) is 42.5 Å². The van der Waals surface area contributed by atoms with Crippen molar-refractivity contribution in [2.24, 2.45) is 0 Å². The molecule has 34 heavy (non-hydrogen) atoms. The second-order valence-corrected chi connectivity index (χ2v) is 10.6. The molecule has 0 saturated carbocycles. The lowest BCUT2D eigenvalue weighted by molar-refractivity contribution is 0.0467. The Labute approximate surface area is 204 Å². The van der Waals surface area contributed by atoms with Gasteiger partial charge in [-0.3, -0.25) is 8.42 Å². The summed E-state index contributed by atoms with van der Waals surface area (Å²) in [6.45, 7) is 3.62. The minimum absolute atomic E-state index is 0.0199. The molecule has 0 aliphatic rings. The molecule has 0 aliphatic carbocycles. The number of benzene rings is 3. The maximum Gasteiger partial charge on any atom is 0.339 e. The Kier molecular flexibility index (Phi) is 9.30. The molecule has 0 amide bonds. The zero-order chi connectivity index (χ0) is 24.5. The van der Waals surface area contributed by atoms with E-state index in [1.807, 2.05) is 0 Å². The zero-order valence-electron chi connectivity index (χ0n) is 19.0. The molecule has 2 atom stereocenters. The summed E-state index contributed by atoms with van der Waals surface area (Å²) in [7, 11) is -2.54. The number of ether oxygens (including phenoxy) is 2. The van der Waals surface area contributed by atoms with E-state index in [9.17, 15) is 18.0 Å². The molecule has 0 aromatic heterocycles. The first kappa shape index (κ1) is 25.5. The predicted octanol–water partition coefficient (Wildman–Crippen LogP) is 4.66. The first-order chi connectivity index (χ1) is 16.4. The molecule has 0 saturated heterocycles. The summed E-state index contributed by atoms with van der Waals surface area (Å²) >= 11 is 0. The minimum atomic E-state index is -1.27. The Morgan fingerprint density at radius 2 is 1.06 bits per heavy atom. The van der Waals surface area contributed by atoms with Crippen molar-refractivity contribution in [1.29, 1.82) is 0 Å². The highest BCUT2D eigenvalue weighted by Crippen LogP contribution is 2.18. The second kappa shape index (κ2) is 12.4. The van der Waals surface area contributed by atoms with Gasteiger partial charge in [0.1, 0.15) is 13.2 Å². The van der Waals surface area contributed by atoms with E-state index in [-0.39, 0.29) is 24.3 Å². The lowest BCUT2D eigenvalue weighted by Gasteiger charge is -2.11. The normalized spacial score (nSPS) is 12.5. The highest BCUT2D eigenvalue weighted by molar-refractivity contribution is 7.85. The minimum Gasteiger partial charge on any atom is -0.457 e. The van der Waals surface area contributed by atoms with E-state index in [4.69, 9.17) is 9.47 Å². The highest BCUT2D eigenvalue weighted by Gasteiger charge is 2.17. The maximum absolute atomic E-state index is 12.6. The monoisotopic (exact) mass is 498 g/mol. The maximum atomic E-state index is 12.6. The fourth-order valence-corrected chi connectivity index (χ4v) is 5.12. The average Bonchev–Trinajstić information content (AvgIpc) is 2.89. The second-order valence-electron chi connectivity index (χ2n) is 7.23. The molecule has 178 valence electrons. The van der Waals surface area contributed by atoms with Crippen LogP contribution in [0.4, 0.5) is 0 Å². The van der Waals surface area contributed by atoms with Crippen LogP contribution in [0, 0.1) is 0 Å². The number of carbonyl (C=O) groups is 2. The van der Waals surface area contributed by atoms with Crippen LogP contribution < -0.4 is 0 Å². The van der Waals surface area contributed by atoms with E-state index in [1.54, 1.807) is 86.6 Å². The van der Waals surface area contributed by atoms with Gasteiger partial charge >= 0.3 is 11.9 Å². The van der Waals surface area contributed by atoms with Crippen molar-refractivity contribution in [2.45, 2.75) is 36.9 Å². The van der Waals surface area contributed by atoms with Crippen molar-refractivity contribution < 1.29 is 27.5 Å². The molecule has 3 aromatic rings. The SMILES string of the molecule is CCS(=O)c1ccccc1C(=O)OCc1cccc(COC(=O)c2ccccc2S(=O)CC)c1. The molecule has 0 aliphatic heterocycles. The van der Waals surface area contributed by atoms with Crippen LogP contribution in [0.3, 0.4) is 0 Å². The molecule has 3 aromatic carbocycles. The Morgan fingerprint density at radius 1 is 0.647 bits per heavy atom. The van der Waals surface area contributed by atoms with Crippen molar-refractivity contribution >= 4 is 33.5 Å². The summed E-state index contributed by atoms with van der Waals surface area (Å²) in [4.78, 5) is 26.1. The van der Waals surface area contributed by atoms with Crippen LogP contribution in [0.1, 0.15) is 45.7 Å². The van der Waals surface area contributed by atoms with Gasteiger partial charge in [-0.1, -0.05) is 56.3 Å². The first-order valence-corrected chi connectivity index (χ1v) is 13.4. The van der Waals surface area contributed by atoms with Crippen LogP contribution in [-0.4, -0.2) is 31.9 Å². The Hall–Kier alpha value is -3.10. The Balaban J connectivity index is 1.63. The van der Waals surface area contributed by atoms with Crippen LogP contribution in [-0.2, 0) is 44.3 Å². The van der Waals surface area contributed by atoms with E-state index in [0.717, 1.165) is 11.1 Å². The summed E-state index contributed by atoms with van der Waals surface area (Å²) in [5.41, 5.74) is 2.03. The molecule has 0 heterocycles. The van der Waals surface area contributed by atoms with E-state index in [0.29, 0.717) is 21.3 Å². The molecule has 0 fully saturated rings. The van der Waals surface area contributed by atoms with Crippen LogP contribution in [0.2, 0.25) is 0 Å². The summed E-state index contributed by atoms with van der Waals surface area (Å²) < 4.78 is 35.3. The standard InChI is InChI=1S/C26H26O6S2/c1-3-33(29)23-14-7-5-12-21(23)25(27)31-17-19-10-9-11-20(16-19)18-32-26(28)22-13-6-8-15-24(22)34(30)4-2/h5-16H,3-4,17-18H2,1-2H3. The highest BCUT2D eigenvalue weighted by atomic mass is 32.2. The van der Waals surface area contributed by atoms with Gasteiger partial charge in [0, 0.05) is 11.5 Å². The molecule has 0 N–H and O–H groups in total. The third-order valence-corrected chi connectivity index (χ3v) is 7.70. The van der Waals surface area contributed by atoms with Gasteiger partial charge in [0.15, 0.2) is 0 Å². The molecule has 0 spiro atoms. The van der Waals surface area contributed by atoms with E-state index >= 15 is 0 Å². The predicted molar refractivity (Wildman–Crippen MR) is 131 cm³/mol. The average molecular weight is 499 g/mol. The molecular formula is C26H26O6S2. The number of hydrogen-bond acceptors (Lipinski definition) is 6. The smallest absolute Gasteiger partial charge is 0.339 e. The lowest BCUT2D eigenvalue weighted by atomic mass is 10.1. The fraction of sp³-hybridized carbons (Fsp3) is 0.231. The molecular weight excluding hydrogens is 472 g/mol. The Morgan fingerprint density at radius 3 is 1.47 bits per heavy atom.